The molecule has 29 heavy (non-hydrogen) atoms. The largest absolute Gasteiger partial charge is 0.376 e. The van der Waals surface area contributed by atoms with Crippen molar-refractivity contribution in [2.75, 3.05) is 23.8 Å². The number of aromatic nitrogens is 3. The Kier molecular flexibility index (Phi) is 5.82. The van der Waals surface area contributed by atoms with Crippen LogP contribution in [0.5, 0.6) is 0 Å². The van der Waals surface area contributed by atoms with Gasteiger partial charge in [0.15, 0.2) is 10.9 Å². The Hall–Kier alpha value is -2.84. The molecule has 1 fully saturated rings. The van der Waals surface area contributed by atoms with Gasteiger partial charge in [-0.2, -0.15) is 0 Å². The Morgan fingerprint density at radius 3 is 3.00 bits per heavy atom. The van der Waals surface area contributed by atoms with E-state index in [0.29, 0.717) is 11.5 Å². The van der Waals surface area contributed by atoms with E-state index in [0.717, 1.165) is 53.1 Å². The molecule has 150 valence electrons. The molecule has 1 aliphatic heterocycles. The van der Waals surface area contributed by atoms with E-state index in [2.05, 4.69) is 25.6 Å². The molecule has 0 bridgehead atoms. The Balaban J connectivity index is 1.49. The number of Topliss-reactive ketones (excluding diaryl/α,β-unsaturated/α-hetero) is 1. The summed E-state index contributed by atoms with van der Waals surface area (Å²) in [6.07, 6.45) is 4.21. The number of hydrogen-bond acceptors (Lipinski definition) is 8. The van der Waals surface area contributed by atoms with E-state index in [1.807, 2.05) is 25.1 Å². The van der Waals surface area contributed by atoms with Crippen molar-refractivity contribution in [2.24, 2.45) is 0 Å². The van der Waals surface area contributed by atoms with Crippen molar-refractivity contribution in [1.29, 1.82) is 0 Å². The molecule has 3 heterocycles. The van der Waals surface area contributed by atoms with Crippen LogP contribution in [0.25, 0.3) is 10.6 Å². The monoisotopic (exact) mass is 409 g/mol. The normalized spacial score (nSPS) is 16.0. The average molecular weight is 410 g/mol. The summed E-state index contributed by atoms with van der Waals surface area (Å²) in [6, 6.07) is 9.18. The van der Waals surface area contributed by atoms with E-state index in [4.69, 9.17) is 4.74 Å². The highest BCUT2D eigenvalue weighted by atomic mass is 32.1. The zero-order chi connectivity index (χ0) is 20.2. The first-order valence-electron chi connectivity index (χ1n) is 9.63. The van der Waals surface area contributed by atoms with Gasteiger partial charge in [0, 0.05) is 30.6 Å². The number of hydrogen-bond donors (Lipinski definition) is 2. The molecule has 3 aromatic rings. The third-order valence-corrected chi connectivity index (χ3v) is 5.85. The molecule has 0 amide bonds. The summed E-state index contributed by atoms with van der Waals surface area (Å²) < 4.78 is 5.66. The molecule has 1 aromatic carbocycles. The van der Waals surface area contributed by atoms with Gasteiger partial charge in [0.25, 0.3) is 0 Å². The molecule has 0 saturated carbocycles. The van der Waals surface area contributed by atoms with Gasteiger partial charge < -0.3 is 15.4 Å². The summed E-state index contributed by atoms with van der Waals surface area (Å²) >= 11 is 1.58. The number of carbonyl (C=O) groups excluding carboxylic acids is 1. The predicted octanol–water partition coefficient (Wildman–Crippen LogP) is 4.45. The van der Waals surface area contributed by atoms with Crippen LogP contribution in [0.1, 0.15) is 35.8 Å². The highest BCUT2D eigenvalue weighted by Crippen LogP contribution is 2.32. The van der Waals surface area contributed by atoms with Crippen molar-refractivity contribution in [3.8, 4) is 10.6 Å². The van der Waals surface area contributed by atoms with Gasteiger partial charge in [-0.05, 0) is 44.9 Å². The van der Waals surface area contributed by atoms with Crippen molar-refractivity contribution >= 4 is 33.9 Å². The average Bonchev–Trinajstić information content (AvgIpc) is 3.36. The lowest BCUT2D eigenvalue weighted by Gasteiger charge is -2.09. The standard InChI is InChI=1S/C21H23N5O2S/c1-13-19(29-21(24-13)23-12-17-7-4-10-28-17)18-8-9-22-20(26-18)25-16-6-3-5-15(11-16)14(2)27/h3,5-6,8-9,11,17H,4,7,10,12H2,1-2H3,(H,23,24)(H,22,25,26). The Morgan fingerprint density at radius 1 is 1.31 bits per heavy atom. The van der Waals surface area contributed by atoms with Crippen LogP contribution in [-0.2, 0) is 4.74 Å². The van der Waals surface area contributed by atoms with Crippen molar-refractivity contribution in [1.82, 2.24) is 15.0 Å². The smallest absolute Gasteiger partial charge is 0.227 e. The first kappa shape index (κ1) is 19.5. The van der Waals surface area contributed by atoms with Crippen LogP contribution in [0.3, 0.4) is 0 Å². The van der Waals surface area contributed by atoms with E-state index in [1.54, 1.807) is 36.6 Å². The summed E-state index contributed by atoms with van der Waals surface area (Å²) in [6.45, 7) is 5.15. The van der Waals surface area contributed by atoms with Crippen molar-refractivity contribution in [3.05, 3.63) is 47.8 Å². The highest BCUT2D eigenvalue weighted by Gasteiger charge is 2.17. The molecule has 4 rings (SSSR count). The number of carbonyl (C=O) groups is 1. The van der Waals surface area contributed by atoms with Gasteiger partial charge in [-0.15, -0.1) is 0 Å². The molecule has 1 saturated heterocycles. The van der Waals surface area contributed by atoms with Gasteiger partial charge >= 0.3 is 0 Å². The molecular weight excluding hydrogens is 386 g/mol. The summed E-state index contributed by atoms with van der Waals surface area (Å²) in [5.41, 5.74) is 3.15. The Morgan fingerprint density at radius 2 is 2.21 bits per heavy atom. The fourth-order valence-corrected chi connectivity index (χ4v) is 4.15. The lowest BCUT2D eigenvalue weighted by atomic mass is 10.1. The maximum atomic E-state index is 11.6. The van der Waals surface area contributed by atoms with E-state index in [-0.39, 0.29) is 11.9 Å². The minimum atomic E-state index is 0.0200. The molecule has 1 unspecified atom stereocenters. The molecule has 2 aromatic heterocycles. The minimum Gasteiger partial charge on any atom is -0.376 e. The second-order valence-corrected chi connectivity index (χ2v) is 7.98. The van der Waals surface area contributed by atoms with Crippen LogP contribution in [-0.4, -0.2) is 40.0 Å². The zero-order valence-corrected chi connectivity index (χ0v) is 17.3. The number of anilines is 3. The highest BCUT2D eigenvalue weighted by molar-refractivity contribution is 7.19. The lowest BCUT2D eigenvalue weighted by Crippen LogP contribution is -2.18. The molecule has 8 heteroatoms. The lowest BCUT2D eigenvalue weighted by molar-refractivity contribution is 0.101. The maximum Gasteiger partial charge on any atom is 0.227 e. The van der Waals surface area contributed by atoms with Crippen molar-refractivity contribution < 1.29 is 9.53 Å². The van der Waals surface area contributed by atoms with Crippen LogP contribution < -0.4 is 10.6 Å². The third kappa shape index (κ3) is 4.78. The fraction of sp³-hybridized carbons (Fsp3) is 0.333. The number of rotatable bonds is 7. The summed E-state index contributed by atoms with van der Waals surface area (Å²) in [4.78, 5) is 26.2. The number of nitrogens with zero attached hydrogens (tertiary/aromatic N) is 3. The van der Waals surface area contributed by atoms with Crippen LogP contribution in [0.15, 0.2) is 36.5 Å². The molecule has 1 aliphatic rings. The number of benzene rings is 1. The van der Waals surface area contributed by atoms with Gasteiger partial charge in [0.2, 0.25) is 5.95 Å². The van der Waals surface area contributed by atoms with Crippen molar-refractivity contribution in [2.45, 2.75) is 32.8 Å². The SMILES string of the molecule is CC(=O)c1cccc(Nc2nccc(-c3sc(NCC4CCCO4)nc3C)n2)c1. The topological polar surface area (TPSA) is 89.0 Å². The van der Waals surface area contributed by atoms with Crippen LogP contribution in [0.4, 0.5) is 16.8 Å². The van der Waals surface area contributed by atoms with E-state index in [1.165, 1.54) is 0 Å². The molecular formula is C21H23N5O2S. The van der Waals surface area contributed by atoms with Gasteiger partial charge in [-0.3, -0.25) is 4.79 Å². The molecule has 0 aliphatic carbocycles. The summed E-state index contributed by atoms with van der Waals surface area (Å²) in [7, 11) is 0. The molecule has 7 nitrogen and oxygen atoms in total. The van der Waals surface area contributed by atoms with E-state index >= 15 is 0 Å². The fourth-order valence-electron chi connectivity index (χ4n) is 3.21. The Bertz CT molecular complexity index is 1010. The number of thiazole rings is 1. The minimum absolute atomic E-state index is 0.0200. The van der Waals surface area contributed by atoms with Gasteiger partial charge in [-0.1, -0.05) is 23.5 Å². The predicted molar refractivity (Wildman–Crippen MR) is 115 cm³/mol. The second-order valence-electron chi connectivity index (χ2n) is 6.98. The molecule has 0 spiro atoms. The van der Waals surface area contributed by atoms with E-state index < -0.39 is 0 Å². The Labute approximate surface area is 173 Å². The quantitative estimate of drug-likeness (QED) is 0.557. The number of ketones is 1. The van der Waals surface area contributed by atoms with Crippen LogP contribution >= 0.6 is 11.3 Å². The number of nitrogens with one attached hydrogen (secondary N) is 2. The summed E-state index contributed by atoms with van der Waals surface area (Å²) in [5, 5.41) is 7.43. The molecule has 2 N–H and O–H groups in total. The van der Waals surface area contributed by atoms with Gasteiger partial charge in [0.05, 0.1) is 22.4 Å². The second kappa shape index (κ2) is 8.67. The maximum absolute atomic E-state index is 11.6. The number of aryl methyl sites for hydroxylation is 1. The van der Waals surface area contributed by atoms with Crippen LogP contribution in [0.2, 0.25) is 0 Å². The summed E-state index contributed by atoms with van der Waals surface area (Å²) in [5.74, 6) is 0.497. The first-order chi connectivity index (χ1) is 14.1. The third-order valence-electron chi connectivity index (χ3n) is 4.71. The van der Waals surface area contributed by atoms with Crippen molar-refractivity contribution in [3.63, 3.8) is 0 Å². The van der Waals surface area contributed by atoms with Gasteiger partial charge in [0.1, 0.15) is 0 Å². The number of ether oxygens (including phenoxy) is 1. The van der Waals surface area contributed by atoms with E-state index in [9.17, 15) is 4.79 Å². The first-order valence-corrected chi connectivity index (χ1v) is 10.4. The van der Waals surface area contributed by atoms with Gasteiger partial charge in [-0.25, -0.2) is 15.0 Å². The molecule has 1 atom stereocenters. The zero-order valence-electron chi connectivity index (χ0n) is 16.4. The van der Waals surface area contributed by atoms with Crippen LogP contribution in [0, 0.1) is 6.92 Å². The molecule has 0 radical (unpaired) electrons.